The van der Waals surface area contributed by atoms with Gasteiger partial charge >= 0.3 is 0 Å². The Labute approximate surface area is 119 Å². The molecule has 0 unspecified atom stereocenters. The first-order valence-corrected chi connectivity index (χ1v) is 6.95. The molecule has 1 N–H and O–H groups in total. The Bertz CT molecular complexity index is 450. The molecule has 1 heterocycles. The number of benzene rings is 1. The highest BCUT2D eigenvalue weighted by Crippen LogP contribution is 2.19. The van der Waals surface area contributed by atoms with E-state index in [1.165, 1.54) is 0 Å². The summed E-state index contributed by atoms with van der Waals surface area (Å²) in [6, 6.07) is 7.68. The Morgan fingerprint density at radius 2 is 2.25 bits per heavy atom. The summed E-state index contributed by atoms with van der Waals surface area (Å²) in [5.74, 6) is 1.41. The average Bonchev–Trinajstić information content (AvgIpc) is 2.52. The summed E-state index contributed by atoms with van der Waals surface area (Å²) in [5.41, 5.74) is 0. The maximum Gasteiger partial charge on any atom is 0.260 e. The van der Waals surface area contributed by atoms with E-state index >= 15 is 0 Å². The highest BCUT2D eigenvalue weighted by atomic mass is 16.5. The van der Waals surface area contributed by atoms with Crippen molar-refractivity contribution in [1.29, 1.82) is 0 Å². The normalized spacial score (nSPS) is 18.7. The molecule has 0 saturated carbocycles. The fourth-order valence-electron chi connectivity index (χ4n) is 2.37. The van der Waals surface area contributed by atoms with Gasteiger partial charge in [0.1, 0.15) is 11.5 Å². The van der Waals surface area contributed by atoms with E-state index in [0.29, 0.717) is 11.8 Å². The topological polar surface area (TPSA) is 50.8 Å². The van der Waals surface area contributed by atoms with Crippen molar-refractivity contribution in [2.24, 2.45) is 0 Å². The fourth-order valence-corrected chi connectivity index (χ4v) is 2.37. The lowest BCUT2D eigenvalue weighted by Gasteiger charge is -2.32. The number of likely N-dealkylation sites (N-methyl/N-ethyl adjacent to an activating group) is 1. The molecule has 0 aromatic heterocycles. The van der Waals surface area contributed by atoms with E-state index in [9.17, 15) is 4.79 Å². The van der Waals surface area contributed by atoms with Gasteiger partial charge < -0.3 is 19.7 Å². The molecule has 1 saturated heterocycles. The Kier molecular flexibility index (Phi) is 5.24. The van der Waals surface area contributed by atoms with Crippen molar-refractivity contribution in [2.45, 2.75) is 18.9 Å². The first kappa shape index (κ1) is 14.7. The summed E-state index contributed by atoms with van der Waals surface area (Å²) >= 11 is 0. The second-order valence-electron chi connectivity index (χ2n) is 4.94. The quantitative estimate of drug-likeness (QED) is 0.881. The molecule has 1 aliphatic heterocycles. The first-order chi connectivity index (χ1) is 9.72. The third kappa shape index (κ3) is 3.87. The monoisotopic (exact) mass is 278 g/mol. The average molecular weight is 278 g/mol. The van der Waals surface area contributed by atoms with Crippen LogP contribution in [0.25, 0.3) is 0 Å². The van der Waals surface area contributed by atoms with Crippen LogP contribution < -0.4 is 14.8 Å². The lowest BCUT2D eigenvalue weighted by molar-refractivity contribution is -0.134. The lowest BCUT2D eigenvalue weighted by Crippen LogP contribution is -2.48. The van der Waals surface area contributed by atoms with Crippen molar-refractivity contribution in [1.82, 2.24) is 10.2 Å². The fraction of sp³-hybridized carbons (Fsp3) is 0.533. The van der Waals surface area contributed by atoms with Crippen molar-refractivity contribution in [3.05, 3.63) is 24.3 Å². The number of hydrogen-bond acceptors (Lipinski definition) is 4. The minimum atomic E-state index is 0.0350. The minimum absolute atomic E-state index is 0.0350. The van der Waals surface area contributed by atoms with Gasteiger partial charge in [-0.05, 0) is 32.0 Å². The number of amides is 1. The first-order valence-electron chi connectivity index (χ1n) is 6.95. The van der Waals surface area contributed by atoms with Crippen LogP contribution in [0.3, 0.4) is 0 Å². The van der Waals surface area contributed by atoms with Gasteiger partial charge in [-0.3, -0.25) is 4.79 Å². The third-order valence-electron chi connectivity index (χ3n) is 3.59. The lowest BCUT2D eigenvalue weighted by atomic mass is 10.1. The zero-order valence-electron chi connectivity index (χ0n) is 12.1. The number of ether oxygens (including phenoxy) is 2. The van der Waals surface area contributed by atoms with Crippen LogP contribution in [0.4, 0.5) is 0 Å². The number of piperidine rings is 1. The standard InChI is InChI=1S/C15H22N2O3/c1-16-12-5-4-8-17(10-12)15(18)11-20-14-7-3-6-13(9-14)19-2/h3,6-7,9,12,16H,4-5,8,10-11H2,1-2H3/t12-/m0/s1. The highest BCUT2D eigenvalue weighted by molar-refractivity contribution is 5.78. The summed E-state index contributed by atoms with van der Waals surface area (Å²) < 4.78 is 10.7. The number of nitrogens with zero attached hydrogens (tertiary/aromatic N) is 1. The molecule has 1 aliphatic rings. The van der Waals surface area contributed by atoms with Crippen LogP contribution in [0, 0.1) is 0 Å². The van der Waals surface area contributed by atoms with E-state index in [1.54, 1.807) is 13.2 Å². The number of carbonyl (C=O) groups is 1. The van der Waals surface area contributed by atoms with Crippen molar-refractivity contribution >= 4 is 5.91 Å². The van der Waals surface area contributed by atoms with Gasteiger partial charge in [-0.25, -0.2) is 0 Å². The number of carbonyl (C=O) groups excluding carboxylic acids is 1. The maximum atomic E-state index is 12.1. The molecule has 0 radical (unpaired) electrons. The summed E-state index contributed by atoms with van der Waals surface area (Å²) in [5, 5.41) is 3.23. The Morgan fingerprint density at radius 3 is 3.00 bits per heavy atom. The molecule has 1 aromatic carbocycles. The number of rotatable bonds is 5. The zero-order valence-corrected chi connectivity index (χ0v) is 12.1. The second-order valence-corrected chi connectivity index (χ2v) is 4.94. The molecule has 1 aromatic rings. The van der Waals surface area contributed by atoms with Crippen LogP contribution in [0.2, 0.25) is 0 Å². The minimum Gasteiger partial charge on any atom is -0.497 e. The zero-order chi connectivity index (χ0) is 14.4. The smallest absolute Gasteiger partial charge is 0.260 e. The summed E-state index contributed by atoms with van der Waals surface area (Å²) in [6.45, 7) is 1.65. The van der Waals surface area contributed by atoms with Crippen molar-refractivity contribution in [3.8, 4) is 11.5 Å². The van der Waals surface area contributed by atoms with E-state index in [-0.39, 0.29) is 12.5 Å². The van der Waals surface area contributed by atoms with Gasteiger partial charge in [0.2, 0.25) is 0 Å². The Hall–Kier alpha value is -1.75. The molecular formula is C15H22N2O3. The number of methoxy groups -OCH3 is 1. The van der Waals surface area contributed by atoms with Crippen LogP contribution in [-0.4, -0.2) is 50.7 Å². The van der Waals surface area contributed by atoms with Gasteiger partial charge in [-0.15, -0.1) is 0 Å². The van der Waals surface area contributed by atoms with E-state index in [1.807, 2.05) is 30.1 Å². The predicted molar refractivity (Wildman–Crippen MR) is 77.2 cm³/mol. The van der Waals surface area contributed by atoms with Crippen LogP contribution >= 0.6 is 0 Å². The van der Waals surface area contributed by atoms with Crippen LogP contribution in [-0.2, 0) is 4.79 Å². The predicted octanol–water partition coefficient (Wildman–Crippen LogP) is 1.28. The van der Waals surface area contributed by atoms with E-state index in [4.69, 9.17) is 9.47 Å². The molecule has 110 valence electrons. The maximum absolute atomic E-state index is 12.1. The van der Waals surface area contributed by atoms with Crippen LogP contribution in [0.1, 0.15) is 12.8 Å². The number of hydrogen-bond donors (Lipinski definition) is 1. The molecule has 0 spiro atoms. The molecule has 1 fully saturated rings. The van der Waals surface area contributed by atoms with Gasteiger partial charge in [-0.1, -0.05) is 6.07 Å². The molecule has 1 amide bonds. The summed E-state index contributed by atoms with van der Waals surface area (Å²) in [7, 11) is 3.54. The Balaban J connectivity index is 1.85. The molecule has 2 rings (SSSR count). The molecule has 0 bridgehead atoms. The van der Waals surface area contributed by atoms with Crippen LogP contribution in [0.5, 0.6) is 11.5 Å². The molecule has 0 aliphatic carbocycles. The third-order valence-corrected chi connectivity index (χ3v) is 3.59. The van der Waals surface area contributed by atoms with Crippen LogP contribution in [0.15, 0.2) is 24.3 Å². The Morgan fingerprint density at radius 1 is 1.45 bits per heavy atom. The van der Waals surface area contributed by atoms with Crippen molar-refractivity contribution in [3.63, 3.8) is 0 Å². The van der Waals surface area contributed by atoms with Crippen molar-refractivity contribution < 1.29 is 14.3 Å². The van der Waals surface area contributed by atoms with E-state index in [0.717, 1.165) is 31.7 Å². The van der Waals surface area contributed by atoms with E-state index < -0.39 is 0 Å². The number of likely N-dealkylation sites (tertiary alicyclic amines) is 1. The summed E-state index contributed by atoms with van der Waals surface area (Å²) in [6.07, 6.45) is 2.16. The molecule has 5 heteroatoms. The van der Waals surface area contributed by atoms with Gasteiger partial charge in [0.15, 0.2) is 6.61 Å². The second kappa shape index (κ2) is 7.14. The largest absolute Gasteiger partial charge is 0.497 e. The van der Waals surface area contributed by atoms with Gasteiger partial charge in [0.25, 0.3) is 5.91 Å². The SMILES string of the molecule is CN[C@H]1CCCN(C(=O)COc2cccc(OC)c2)C1. The molecule has 5 nitrogen and oxygen atoms in total. The van der Waals surface area contributed by atoms with Crippen molar-refractivity contribution in [2.75, 3.05) is 33.9 Å². The number of nitrogens with one attached hydrogen (secondary N) is 1. The highest BCUT2D eigenvalue weighted by Gasteiger charge is 2.22. The van der Waals surface area contributed by atoms with Gasteiger partial charge in [-0.2, -0.15) is 0 Å². The molecule has 1 atom stereocenters. The van der Waals surface area contributed by atoms with E-state index in [2.05, 4.69) is 5.32 Å². The molecular weight excluding hydrogens is 256 g/mol. The van der Waals surface area contributed by atoms with Gasteiger partial charge in [0, 0.05) is 25.2 Å². The van der Waals surface area contributed by atoms with Gasteiger partial charge in [0.05, 0.1) is 7.11 Å². The molecule has 20 heavy (non-hydrogen) atoms. The summed E-state index contributed by atoms with van der Waals surface area (Å²) in [4.78, 5) is 14.0.